The molecule has 2 bridgehead atoms. The second-order valence-electron chi connectivity index (χ2n) is 7.11. The molecule has 0 saturated carbocycles. The minimum atomic E-state index is -0.497. The lowest BCUT2D eigenvalue weighted by atomic mass is 9.97. The highest BCUT2D eigenvalue weighted by molar-refractivity contribution is 9.10. The number of benzene rings is 1. The van der Waals surface area contributed by atoms with Gasteiger partial charge in [-0.1, -0.05) is 34.1 Å². The molecule has 1 saturated heterocycles. The van der Waals surface area contributed by atoms with Gasteiger partial charge in [-0.15, -0.1) is 0 Å². The number of halogens is 1. The summed E-state index contributed by atoms with van der Waals surface area (Å²) in [6, 6.07) is 7.06. The van der Waals surface area contributed by atoms with Gasteiger partial charge in [-0.25, -0.2) is 4.79 Å². The van der Waals surface area contributed by atoms with E-state index in [1.165, 1.54) is 0 Å². The van der Waals surface area contributed by atoms with Gasteiger partial charge in [0.25, 0.3) is 0 Å². The van der Waals surface area contributed by atoms with Crippen molar-refractivity contribution >= 4 is 27.9 Å². The van der Waals surface area contributed by atoms with Crippen LogP contribution in [0, 0.1) is 0 Å². The van der Waals surface area contributed by atoms with Gasteiger partial charge in [0.2, 0.25) is 0 Å². The zero-order chi connectivity index (χ0) is 19.2. The molecule has 0 aromatic heterocycles. The molecular weight excluding hydrogens is 412 g/mol. The molecule has 5 nitrogen and oxygen atoms in total. The number of carbonyl (C=O) groups excluding carboxylic acids is 2. The third-order valence-electron chi connectivity index (χ3n) is 4.85. The van der Waals surface area contributed by atoms with Crippen LogP contribution in [-0.4, -0.2) is 36.4 Å². The molecule has 2 heterocycles. The Morgan fingerprint density at radius 3 is 2.93 bits per heavy atom. The number of hydrogen-bond acceptors (Lipinski definition) is 5. The van der Waals surface area contributed by atoms with Crippen LogP contribution in [0.5, 0.6) is 0 Å². The largest absolute Gasteiger partial charge is 0.463 e. The lowest BCUT2D eigenvalue weighted by Crippen LogP contribution is -2.42. The summed E-state index contributed by atoms with van der Waals surface area (Å²) in [5.74, 6) is -0.715. The standard InChI is InChI=1S/C21H25BrO5/c1-14-6-3-2-4-9-17-10-11-18(19(26-17)13-20(23)25-14)27-21(24)15-7-5-8-16(22)12-15/h4-5,7-9,12,14,17-19H,2-3,6,10-11,13H2,1H3/b9-4-/t14-,17-,18-,19-/m0/s1. The number of allylic oxidation sites excluding steroid dienone is 1. The summed E-state index contributed by atoms with van der Waals surface area (Å²) in [6.45, 7) is 1.91. The highest BCUT2D eigenvalue weighted by atomic mass is 79.9. The maximum absolute atomic E-state index is 12.5. The van der Waals surface area contributed by atoms with Crippen LogP contribution in [0.3, 0.4) is 0 Å². The molecule has 0 N–H and O–H groups in total. The Kier molecular flexibility index (Phi) is 7.07. The molecule has 0 amide bonds. The smallest absolute Gasteiger partial charge is 0.338 e. The third-order valence-corrected chi connectivity index (χ3v) is 5.34. The summed E-state index contributed by atoms with van der Waals surface area (Å²) >= 11 is 3.36. The number of rotatable bonds is 2. The van der Waals surface area contributed by atoms with Crippen molar-refractivity contribution in [3.8, 4) is 0 Å². The lowest BCUT2D eigenvalue weighted by Gasteiger charge is -2.35. The van der Waals surface area contributed by atoms with Gasteiger partial charge in [-0.05, 0) is 57.2 Å². The van der Waals surface area contributed by atoms with Crippen LogP contribution in [0.4, 0.5) is 0 Å². The van der Waals surface area contributed by atoms with E-state index in [0.29, 0.717) is 12.0 Å². The summed E-state index contributed by atoms with van der Waals surface area (Å²) in [5.41, 5.74) is 0.468. The Morgan fingerprint density at radius 1 is 1.26 bits per heavy atom. The fraction of sp³-hybridized carbons (Fsp3) is 0.524. The molecular formula is C21H25BrO5. The van der Waals surface area contributed by atoms with Gasteiger partial charge in [0.15, 0.2) is 0 Å². The molecule has 1 fully saturated rings. The third kappa shape index (κ3) is 5.91. The number of ether oxygens (including phenoxy) is 3. The first-order valence-electron chi connectivity index (χ1n) is 9.49. The van der Waals surface area contributed by atoms with Gasteiger partial charge in [0, 0.05) is 4.47 Å². The molecule has 1 aromatic rings. The molecule has 0 spiro atoms. The number of esters is 2. The molecule has 1 aromatic carbocycles. The van der Waals surface area contributed by atoms with Crippen molar-refractivity contribution in [3.63, 3.8) is 0 Å². The van der Waals surface area contributed by atoms with Crippen LogP contribution in [0.15, 0.2) is 40.9 Å². The van der Waals surface area contributed by atoms with Crippen LogP contribution in [0.1, 0.15) is 55.8 Å². The maximum Gasteiger partial charge on any atom is 0.338 e. The minimum absolute atomic E-state index is 0.0551. The Balaban J connectivity index is 1.71. The van der Waals surface area contributed by atoms with Crippen LogP contribution in [-0.2, 0) is 19.0 Å². The number of fused-ring (bicyclic) bond motifs is 2. The van der Waals surface area contributed by atoms with E-state index in [1.807, 2.05) is 13.0 Å². The van der Waals surface area contributed by atoms with E-state index in [-0.39, 0.29) is 24.6 Å². The van der Waals surface area contributed by atoms with E-state index < -0.39 is 18.2 Å². The molecule has 4 atom stereocenters. The van der Waals surface area contributed by atoms with Crippen LogP contribution in [0.2, 0.25) is 0 Å². The highest BCUT2D eigenvalue weighted by Crippen LogP contribution is 2.27. The molecule has 0 unspecified atom stereocenters. The number of hydrogen-bond donors (Lipinski definition) is 0. The van der Waals surface area contributed by atoms with E-state index in [1.54, 1.807) is 18.2 Å². The maximum atomic E-state index is 12.5. The first-order valence-corrected chi connectivity index (χ1v) is 10.3. The van der Waals surface area contributed by atoms with E-state index in [4.69, 9.17) is 14.2 Å². The average molecular weight is 437 g/mol. The summed E-state index contributed by atoms with van der Waals surface area (Å²) in [5, 5.41) is 0. The number of carbonyl (C=O) groups is 2. The fourth-order valence-electron chi connectivity index (χ4n) is 3.44. The average Bonchev–Trinajstić information content (AvgIpc) is 2.62. The Morgan fingerprint density at radius 2 is 2.11 bits per heavy atom. The van der Waals surface area contributed by atoms with E-state index >= 15 is 0 Å². The topological polar surface area (TPSA) is 61.8 Å². The molecule has 0 aliphatic carbocycles. The second kappa shape index (κ2) is 9.51. The molecule has 0 radical (unpaired) electrons. The summed E-state index contributed by atoms with van der Waals surface area (Å²) in [4.78, 5) is 24.8. The van der Waals surface area contributed by atoms with Crippen molar-refractivity contribution in [2.24, 2.45) is 0 Å². The molecule has 3 rings (SSSR count). The van der Waals surface area contributed by atoms with Gasteiger partial charge in [0.05, 0.1) is 24.2 Å². The first-order chi connectivity index (χ1) is 13.0. The van der Waals surface area contributed by atoms with Gasteiger partial charge in [-0.3, -0.25) is 4.79 Å². The van der Waals surface area contributed by atoms with Crippen LogP contribution < -0.4 is 0 Å². The molecule has 2 aliphatic rings. The Hall–Kier alpha value is -1.66. The minimum Gasteiger partial charge on any atom is -0.463 e. The van der Waals surface area contributed by atoms with Crippen molar-refractivity contribution in [2.45, 2.75) is 69.9 Å². The molecule has 27 heavy (non-hydrogen) atoms. The zero-order valence-corrected chi connectivity index (χ0v) is 17.0. The fourth-order valence-corrected chi connectivity index (χ4v) is 3.84. The van der Waals surface area contributed by atoms with E-state index in [0.717, 1.165) is 30.2 Å². The molecule has 2 aliphatic heterocycles. The van der Waals surface area contributed by atoms with Gasteiger partial charge < -0.3 is 14.2 Å². The predicted molar refractivity (Wildman–Crippen MR) is 104 cm³/mol. The summed E-state index contributed by atoms with van der Waals surface area (Å²) in [6.07, 6.45) is 7.32. The second-order valence-corrected chi connectivity index (χ2v) is 8.02. The SMILES string of the molecule is C[C@H]1CCC/C=C\[C@H]2CC[C@H](OC(=O)c3cccc(Br)c3)[C@H](CC(=O)O1)O2. The summed E-state index contributed by atoms with van der Waals surface area (Å²) in [7, 11) is 0. The molecule has 146 valence electrons. The van der Waals surface area contributed by atoms with Crippen molar-refractivity contribution < 1.29 is 23.8 Å². The monoisotopic (exact) mass is 436 g/mol. The molecule has 6 heteroatoms. The van der Waals surface area contributed by atoms with Gasteiger partial charge in [0.1, 0.15) is 12.2 Å². The Bertz CT molecular complexity index is 702. The van der Waals surface area contributed by atoms with Gasteiger partial charge in [-0.2, -0.15) is 0 Å². The van der Waals surface area contributed by atoms with E-state index in [2.05, 4.69) is 28.1 Å². The normalized spacial score (nSPS) is 30.4. The van der Waals surface area contributed by atoms with Crippen molar-refractivity contribution in [1.82, 2.24) is 0 Å². The highest BCUT2D eigenvalue weighted by Gasteiger charge is 2.35. The Labute approximate surface area is 168 Å². The lowest BCUT2D eigenvalue weighted by molar-refractivity contribution is -0.160. The van der Waals surface area contributed by atoms with Crippen molar-refractivity contribution in [3.05, 3.63) is 46.5 Å². The van der Waals surface area contributed by atoms with E-state index in [9.17, 15) is 9.59 Å². The summed E-state index contributed by atoms with van der Waals surface area (Å²) < 4.78 is 18.1. The van der Waals surface area contributed by atoms with Crippen LogP contribution >= 0.6 is 15.9 Å². The van der Waals surface area contributed by atoms with Crippen molar-refractivity contribution in [2.75, 3.05) is 0 Å². The zero-order valence-electron chi connectivity index (χ0n) is 15.4. The van der Waals surface area contributed by atoms with Crippen molar-refractivity contribution in [1.29, 1.82) is 0 Å². The van der Waals surface area contributed by atoms with Gasteiger partial charge >= 0.3 is 11.9 Å². The van der Waals surface area contributed by atoms with Crippen LogP contribution in [0.25, 0.3) is 0 Å². The predicted octanol–water partition coefficient (Wildman–Crippen LogP) is 4.58. The first kappa shape index (κ1) is 20.1. The number of cyclic esters (lactones) is 1. The quantitative estimate of drug-likeness (QED) is 0.501.